The highest BCUT2D eigenvalue weighted by Gasteiger charge is 2.45. The standard InChI is InChI=1S/C23H33F3N2O3S.C2HF3O2/c1-22(2,32(30,31)19-10-6-9-18(15-19)23(24,25)26)17-11-13-28(14-12-17)21(29)20(27)16-7-4-3-5-8-16;3-2(4,5)1(6)7/h6,9-10,15-17,20H,3-5,7-8,11-14,27H2,1-2H3;(H,6,7)/t20-;/m1./s1. The third-order valence-electron chi connectivity index (χ3n) is 7.72. The average Bonchev–Trinajstić information content (AvgIpc) is 2.87. The number of rotatable bonds is 5. The molecule has 0 aromatic heterocycles. The molecule has 2 fully saturated rings. The normalized spacial score (nSPS) is 19.2. The summed E-state index contributed by atoms with van der Waals surface area (Å²) in [4.78, 5) is 23.2. The van der Waals surface area contributed by atoms with E-state index in [1.54, 1.807) is 18.7 Å². The van der Waals surface area contributed by atoms with Crippen LogP contribution in [0.5, 0.6) is 0 Å². The number of amides is 1. The van der Waals surface area contributed by atoms with E-state index in [0.29, 0.717) is 37.9 Å². The largest absolute Gasteiger partial charge is 0.542 e. The van der Waals surface area contributed by atoms with Crippen LogP contribution in [0, 0.1) is 11.8 Å². The summed E-state index contributed by atoms with van der Waals surface area (Å²) < 4.78 is 96.2. The minimum absolute atomic E-state index is 0.0360. The van der Waals surface area contributed by atoms with Gasteiger partial charge in [0.25, 0.3) is 5.91 Å². The van der Waals surface area contributed by atoms with Crippen molar-refractivity contribution in [2.75, 3.05) is 13.1 Å². The molecule has 222 valence electrons. The molecule has 1 saturated heterocycles. The maximum Gasteiger partial charge on any atom is 0.430 e. The van der Waals surface area contributed by atoms with Gasteiger partial charge in [-0.15, -0.1) is 0 Å². The second-order valence-electron chi connectivity index (χ2n) is 10.5. The number of halogens is 6. The van der Waals surface area contributed by atoms with Crippen LogP contribution in [-0.2, 0) is 25.6 Å². The summed E-state index contributed by atoms with van der Waals surface area (Å²) in [6, 6.07) is 3.67. The summed E-state index contributed by atoms with van der Waals surface area (Å²) in [6.07, 6.45) is -3.29. The molecule has 1 heterocycles. The monoisotopic (exact) mass is 588 g/mol. The van der Waals surface area contributed by atoms with Gasteiger partial charge in [0, 0.05) is 19.0 Å². The van der Waals surface area contributed by atoms with Gasteiger partial charge < -0.3 is 20.5 Å². The third-order valence-corrected chi connectivity index (χ3v) is 10.3. The fraction of sp³-hybridized carbons (Fsp3) is 0.680. The van der Waals surface area contributed by atoms with E-state index in [4.69, 9.17) is 9.90 Å². The lowest BCUT2D eigenvalue weighted by atomic mass is 9.82. The molecular weight excluding hydrogens is 554 g/mol. The molecule has 1 aliphatic heterocycles. The van der Waals surface area contributed by atoms with Gasteiger partial charge >= 0.3 is 12.4 Å². The van der Waals surface area contributed by atoms with E-state index in [9.17, 15) is 39.6 Å². The van der Waals surface area contributed by atoms with Crippen LogP contribution < -0.4 is 10.8 Å². The number of hydrogen-bond donors (Lipinski definition) is 1. The number of alkyl halides is 6. The molecule has 1 saturated carbocycles. The van der Waals surface area contributed by atoms with Gasteiger partial charge in [0.2, 0.25) is 0 Å². The van der Waals surface area contributed by atoms with Crippen molar-refractivity contribution >= 4 is 21.7 Å². The predicted molar refractivity (Wildman–Crippen MR) is 126 cm³/mol. The summed E-state index contributed by atoms with van der Waals surface area (Å²) in [6.45, 7) is 4.06. The van der Waals surface area contributed by atoms with Gasteiger partial charge in [0.1, 0.15) is 5.97 Å². The molecule has 0 radical (unpaired) electrons. The molecule has 39 heavy (non-hydrogen) atoms. The number of nitrogens with zero attached hydrogens (tertiary/aromatic N) is 1. The van der Waals surface area contributed by atoms with Gasteiger partial charge in [-0.3, -0.25) is 4.79 Å². The lowest BCUT2D eigenvalue weighted by Gasteiger charge is -2.41. The SMILES string of the molecule is CC(C)(C1CCN(C(=O)[C@H]([NH3+])C2CCCCC2)CC1)S(=O)(=O)c1cccc(C(F)(F)F)c1.O=C([O-])C(F)(F)F. The number of carboxylic acid groups (broad SMARTS) is 1. The van der Waals surface area contributed by atoms with Gasteiger partial charge in [0.15, 0.2) is 15.9 Å². The van der Waals surface area contributed by atoms with E-state index in [0.717, 1.165) is 37.8 Å². The molecule has 0 spiro atoms. The number of carbonyl (C=O) groups is 2. The lowest BCUT2D eigenvalue weighted by Crippen LogP contribution is -2.71. The molecule has 0 unspecified atom stereocenters. The number of quaternary nitrogens is 1. The first kappa shape index (κ1) is 32.9. The number of sulfone groups is 1. The van der Waals surface area contributed by atoms with Crippen molar-refractivity contribution in [2.24, 2.45) is 11.8 Å². The van der Waals surface area contributed by atoms with E-state index in [2.05, 4.69) is 5.73 Å². The Morgan fingerprint density at radius 1 is 0.974 bits per heavy atom. The second kappa shape index (κ2) is 12.4. The second-order valence-corrected chi connectivity index (χ2v) is 13.1. The molecule has 3 N–H and O–H groups in total. The zero-order valence-electron chi connectivity index (χ0n) is 21.8. The van der Waals surface area contributed by atoms with E-state index < -0.39 is 38.5 Å². The highest BCUT2D eigenvalue weighted by atomic mass is 32.2. The number of carbonyl (C=O) groups excluding carboxylic acids is 2. The van der Waals surface area contributed by atoms with Gasteiger partial charge in [-0.25, -0.2) is 8.42 Å². The molecule has 1 amide bonds. The molecular formula is C25H34F6N2O5S. The molecule has 2 aliphatic rings. The van der Waals surface area contributed by atoms with E-state index >= 15 is 0 Å². The quantitative estimate of drug-likeness (QED) is 0.530. The molecule has 1 atom stereocenters. The van der Waals surface area contributed by atoms with Crippen LogP contribution >= 0.6 is 0 Å². The maximum absolute atomic E-state index is 13.3. The number of carboxylic acids is 1. The van der Waals surface area contributed by atoms with Crippen molar-refractivity contribution in [3.8, 4) is 0 Å². The van der Waals surface area contributed by atoms with Crippen molar-refractivity contribution in [2.45, 2.75) is 86.8 Å². The lowest BCUT2D eigenvalue weighted by molar-refractivity contribution is -0.420. The summed E-state index contributed by atoms with van der Waals surface area (Å²) in [5, 5.41) is 8.78. The number of hydrogen-bond acceptors (Lipinski definition) is 5. The first-order valence-electron chi connectivity index (χ1n) is 12.6. The van der Waals surface area contributed by atoms with Crippen LogP contribution in [0.25, 0.3) is 0 Å². The topological polar surface area (TPSA) is 122 Å². The molecule has 7 nitrogen and oxygen atoms in total. The van der Waals surface area contributed by atoms with E-state index in [1.807, 2.05) is 0 Å². The molecule has 3 rings (SSSR count). The van der Waals surface area contributed by atoms with E-state index in [1.165, 1.54) is 12.5 Å². The summed E-state index contributed by atoms with van der Waals surface area (Å²) in [5.74, 6) is -2.92. The highest BCUT2D eigenvalue weighted by molar-refractivity contribution is 7.92. The zero-order valence-corrected chi connectivity index (χ0v) is 22.6. The minimum atomic E-state index is -5.19. The highest BCUT2D eigenvalue weighted by Crippen LogP contribution is 2.39. The Morgan fingerprint density at radius 2 is 1.49 bits per heavy atom. The molecule has 14 heteroatoms. The predicted octanol–water partition coefficient (Wildman–Crippen LogP) is 2.99. The van der Waals surface area contributed by atoms with Gasteiger partial charge in [0.05, 0.1) is 15.2 Å². The fourth-order valence-electron chi connectivity index (χ4n) is 5.13. The number of aliphatic carboxylic acids is 1. The number of benzene rings is 1. The Morgan fingerprint density at radius 3 is 1.95 bits per heavy atom. The van der Waals surface area contributed by atoms with Crippen molar-refractivity contribution in [1.82, 2.24) is 4.90 Å². The zero-order chi connectivity index (χ0) is 29.8. The van der Waals surface area contributed by atoms with Crippen LogP contribution in [-0.4, -0.2) is 55.2 Å². The van der Waals surface area contributed by atoms with Crippen molar-refractivity contribution in [3.63, 3.8) is 0 Å². The maximum atomic E-state index is 13.3. The van der Waals surface area contributed by atoms with Gasteiger partial charge in [-0.1, -0.05) is 25.3 Å². The summed E-state index contributed by atoms with van der Waals surface area (Å²) in [5.41, 5.74) is 3.16. The Kier molecular flexibility index (Phi) is 10.5. The van der Waals surface area contributed by atoms with Crippen molar-refractivity contribution in [1.29, 1.82) is 0 Å². The third kappa shape index (κ3) is 8.09. The fourth-order valence-corrected chi connectivity index (χ4v) is 6.95. The molecule has 1 aromatic carbocycles. The van der Waals surface area contributed by atoms with Crippen LogP contribution in [0.3, 0.4) is 0 Å². The number of likely N-dealkylation sites (tertiary alicyclic amines) is 1. The van der Waals surface area contributed by atoms with Gasteiger partial charge in [-0.2, -0.15) is 26.3 Å². The Hall–Kier alpha value is -2.35. The smallest absolute Gasteiger partial charge is 0.430 e. The van der Waals surface area contributed by atoms with Crippen LogP contribution in [0.2, 0.25) is 0 Å². The molecule has 1 aliphatic carbocycles. The minimum Gasteiger partial charge on any atom is -0.542 e. The Labute approximate surface area is 223 Å². The first-order valence-corrected chi connectivity index (χ1v) is 14.1. The molecule has 1 aromatic rings. The van der Waals surface area contributed by atoms with E-state index in [-0.39, 0.29) is 22.8 Å². The van der Waals surface area contributed by atoms with Crippen molar-refractivity contribution in [3.05, 3.63) is 29.8 Å². The molecule has 0 bridgehead atoms. The summed E-state index contributed by atoms with van der Waals surface area (Å²) >= 11 is 0. The van der Waals surface area contributed by atoms with Gasteiger partial charge in [-0.05, 0) is 63.6 Å². The Balaban J connectivity index is 0.000000673. The van der Waals surface area contributed by atoms with Crippen LogP contribution in [0.4, 0.5) is 26.3 Å². The number of piperidine rings is 1. The van der Waals surface area contributed by atoms with Crippen LogP contribution in [0.1, 0.15) is 64.4 Å². The average molecular weight is 589 g/mol. The summed E-state index contributed by atoms with van der Waals surface area (Å²) in [7, 11) is -4.01. The van der Waals surface area contributed by atoms with Crippen molar-refractivity contribution < 1.29 is 55.2 Å². The van der Waals surface area contributed by atoms with Crippen LogP contribution in [0.15, 0.2) is 29.2 Å². The first-order chi connectivity index (χ1) is 17.8. The Bertz CT molecular complexity index is 1110.